The molecule has 3 rings (SSSR count). The van der Waals surface area contributed by atoms with Gasteiger partial charge in [0.2, 0.25) is 11.0 Å². The summed E-state index contributed by atoms with van der Waals surface area (Å²) in [6.45, 7) is 3.96. The molecule has 3 heterocycles. The van der Waals surface area contributed by atoms with Gasteiger partial charge in [0, 0.05) is 11.9 Å². The van der Waals surface area contributed by atoms with Gasteiger partial charge in [-0.1, -0.05) is 30.4 Å². The fraction of sp³-hybridized carbons (Fsp3) is 0.364. The molecule has 20 heavy (non-hydrogen) atoms. The van der Waals surface area contributed by atoms with Crippen LogP contribution in [0.4, 0.5) is 0 Å². The van der Waals surface area contributed by atoms with Gasteiger partial charge in [-0.25, -0.2) is 9.50 Å². The Morgan fingerprint density at radius 1 is 1.25 bits per heavy atom. The Bertz CT molecular complexity index is 725. The monoisotopic (exact) mass is 308 g/mol. The molecule has 0 radical (unpaired) electrons. The zero-order valence-electron chi connectivity index (χ0n) is 11.0. The van der Waals surface area contributed by atoms with E-state index in [4.69, 9.17) is 4.42 Å². The Kier molecular flexibility index (Phi) is 3.88. The van der Waals surface area contributed by atoms with Gasteiger partial charge in [0.15, 0.2) is 0 Å². The first-order valence-electron chi connectivity index (χ1n) is 6.02. The minimum atomic E-state index is 0.549. The molecule has 0 saturated heterocycles. The summed E-state index contributed by atoms with van der Waals surface area (Å²) in [5.74, 6) is 2.63. The van der Waals surface area contributed by atoms with Gasteiger partial charge in [-0.05, 0) is 18.7 Å². The Hall–Kier alpha value is -1.61. The Labute approximate surface area is 123 Å². The molecule has 0 aromatic carbocycles. The molecule has 9 heteroatoms. The van der Waals surface area contributed by atoms with Gasteiger partial charge in [-0.2, -0.15) is 4.98 Å². The molecule has 0 atom stereocenters. The molecule has 0 N–H and O–H groups in total. The smallest absolute Gasteiger partial charge is 0.276 e. The first kappa shape index (κ1) is 13.4. The van der Waals surface area contributed by atoms with E-state index in [2.05, 4.69) is 25.3 Å². The third-order valence-corrected chi connectivity index (χ3v) is 3.89. The van der Waals surface area contributed by atoms with Crippen molar-refractivity contribution >= 4 is 29.3 Å². The van der Waals surface area contributed by atoms with Crippen molar-refractivity contribution in [2.75, 3.05) is 5.75 Å². The fourth-order valence-corrected chi connectivity index (χ4v) is 2.67. The van der Waals surface area contributed by atoms with Crippen LogP contribution < -0.4 is 0 Å². The van der Waals surface area contributed by atoms with Gasteiger partial charge in [-0.3, -0.25) is 0 Å². The standard InChI is InChI=1S/C11H12N6OS2/c1-3-19-11-15-14-8(18-11)6-20-10-13-9-12-7(2)4-5-17(9)16-10/h4-5H,3,6H2,1-2H3. The second kappa shape index (κ2) is 5.80. The molecule has 0 aliphatic heterocycles. The second-order valence-electron chi connectivity index (χ2n) is 3.89. The predicted octanol–water partition coefficient (Wildman–Crippen LogP) is 2.22. The van der Waals surface area contributed by atoms with Crippen molar-refractivity contribution in [3.05, 3.63) is 23.8 Å². The third kappa shape index (κ3) is 2.93. The van der Waals surface area contributed by atoms with Crippen LogP contribution in [0.25, 0.3) is 5.78 Å². The van der Waals surface area contributed by atoms with Crippen molar-refractivity contribution in [3.63, 3.8) is 0 Å². The average molecular weight is 308 g/mol. The number of hydrogen-bond acceptors (Lipinski definition) is 8. The van der Waals surface area contributed by atoms with Crippen molar-refractivity contribution in [2.45, 2.75) is 30.0 Å². The molecule has 0 aliphatic rings. The average Bonchev–Trinajstić information content (AvgIpc) is 3.02. The van der Waals surface area contributed by atoms with E-state index in [-0.39, 0.29) is 0 Å². The molecule has 104 valence electrons. The number of fused-ring (bicyclic) bond motifs is 1. The molecule has 0 amide bonds. The molecular formula is C11H12N6OS2. The van der Waals surface area contributed by atoms with Gasteiger partial charge >= 0.3 is 0 Å². The van der Waals surface area contributed by atoms with Crippen LogP contribution in [0.2, 0.25) is 0 Å². The molecule has 3 aromatic heterocycles. The van der Waals surface area contributed by atoms with Crippen LogP contribution in [-0.2, 0) is 5.75 Å². The number of rotatable bonds is 5. The van der Waals surface area contributed by atoms with E-state index in [1.165, 1.54) is 23.5 Å². The lowest BCUT2D eigenvalue weighted by Gasteiger charge is -1.90. The highest BCUT2D eigenvalue weighted by Crippen LogP contribution is 2.21. The highest BCUT2D eigenvalue weighted by atomic mass is 32.2. The topological polar surface area (TPSA) is 82.0 Å². The van der Waals surface area contributed by atoms with Crippen molar-refractivity contribution in [1.29, 1.82) is 0 Å². The van der Waals surface area contributed by atoms with Gasteiger partial charge in [-0.15, -0.1) is 15.3 Å². The van der Waals surface area contributed by atoms with Crippen LogP contribution in [0.1, 0.15) is 18.5 Å². The molecular weight excluding hydrogens is 296 g/mol. The molecule has 0 aliphatic carbocycles. The summed E-state index contributed by atoms with van der Waals surface area (Å²) in [4.78, 5) is 8.64. The molecule has 0 spiro atoms. The van der Waals surface area contributed by atoms with Crippen LogP contribution in [0.15, 0.2) is 27.1 Å². The molecule has 0 bridgehead atoms. The van der Waals surface area contributed by atoms with Crippen LogP contribution in [0, 0.1) is 6.92 Å². The van der Waals surface area contributed by atoms with Gasteiger partial charge in [0.25, 0.3) is 11.0 Å². The zero-order valence-corrected chi connectivity index (χ0v) is 12.6. The molecule has 3 aromatic rings. The number of nitrogens with zero attached hydrogens (tertiary/aromatic N) is 6. The molecule has 7 nitrogen and oxygen atoms in total. The summed E-state index contributed by atoms with van der Waals surface area (Å²) >= 11 is 2.98. The van der Waals surface area contributed by atoms with E-state index in [0.717, 1.165) is 11.4 Å². The Balaban J connectivity index is 1.69. The van der Waals surface area contributed by atoms with Crippen LogP contribution >= 0.6 is 23.5 Å². The molecule has 0 unspecified atom stereocenters. The van der Waals surface area contributed by atoms with E-state index in [1.807, 2.05) is 26.1 Å². The van der Waals surface area contributed by atoms with E-state index >= 15 is 0 Å². The number of thioether (sulfide) groups is 2. The van der Waals surface area contributed by atoms with Gasteiger partial charge in [0.05, 0.1) is 5.75 Å². The zero-order chi connectivity index (χ0) is 13.9. The Morgan fingerprint density at radius 2 is 2.15 bits per heavy atom. The highest BCUT2D eigenvalue weighted by molar-refractivity contribution is 7.99. The van der Waals surface area contributed by atoms with Crippen molar-refractivity contribution in [2.24, 2.45) is 0 Å². The number of aromatic nitrogens is 6. The lowest BCUT2D eigenvalue weighted by molar-refractivity contribution is 0.426. The van der Waals surface area contributed by atoms with Crippen molar-refractivity contribution < 1.29 is 4.42 Å². The maximum Gasteiger partial charge on any atom is 0.276 e. The van der Waals surface area contributed by atoms with E-state index in [1.54, 1.807) is 4.52 Å². The SMILES string of the molecule is CCSc1nnc(CSc2nc3nc(C)ccn3n2)o1. The number of hydrogen-bond donors (Lipinski definition) is 0. The van der Waals surface area contributed by atoms with Crippen LogP contribution in [0.5, 0.6) is 0 Å². The summed E-state index contributed by atoms with van der Waals surface area (Å²) in [6, 6.07) is 1.89. The van der Waals surface area contributed by atoms with Crippen LogP contribution in [0.3, 0.4) is 0 Å². The van der Waals surface area contributed by atoms with Gasteiger partial charge in [0.1, 0.15) is 0 Å². The van der Waals surface area contributed by atoms with Crippen molar-refractivity contribution in [1.82, 2.24) is 29.8 Å². The highest BCUT2D eigenvalue weighted by Gasteiger charge is 2.10. The lowest BCUT2D eigenvalue weighted by Crippen LogP contribution is -1.90. The third-order valence-electron chi connectivity index (χ3n) is 2.37. The van der Waals surface area contributed by atoms with E-state index in [0.29, 0.717) is 27.8 Å². The summed E-state index contributed by atoms with van der Waals surface area (Å²) in [7, 11) is 0. The van der Waals surface area contributed by atoms with Gasteiger partial charge < -0.3 is 4.42 Å². The molecule has 0 saturated carbocycles. The summed E-state index contributed by atoms with van der Waals surface area (Å²) < 4.78 is 7.14. The van der Waals surface area contributed by atoms with E-state index < -0.39 is 0 Å². The first-order valence-corrected chi connectivity index (χ1v) is 7.99. The largest absolute Gasteiger partial charge is 0.415 e. The quantitative estimate of drug-likeness (QED) is 0.664. The Morgan fingerprint density at radius 3 is 3.00 bits per heavy atom. The predicted molar refractivity (Wildman–Crippen MR) is 75.8 cm³/mol. The second-order valence-corrected chi connectivity index (χ2v) is 6.05. The summed E-state index contributed by atoms with van der Waals surface area (Å²) in [5.41, 5.74) is 0.916. The minimum absolute atomic E-state index is 0.549. The maximum atomic E-state index is 5.48. The lowest BCUT2D eigenvalue weighted by atomic mass is 10.5. The first-order chi connectivity index (χ1) is 9.74. The minimum Gasteiger partial charge on any atom is -0.415 e. The summed E-state index contributed by atoms with van der Waals surface area (Å²) in [5, 5.41) is 13.5. The fourth-order valence-electron chi connectivity index (χ4n) is 1.51. The summed E-state index contributed by atoms with van der Waals surface area (Å²) in [6.07, 6.45) is 1.84. The number of aryl methyl sites for hydroxylation is 1. The maximum absolute atomic E-state index is 5.48. The van der Waals surface area contributed by atoms with E-state index in [9.17, 15) is 0 Å². The van der Waals surface area contributed by atoms with Crippen LogP contribution in [-0.4, -0.2) is 35.5 Å². The molecule has 0 fully saturated rings. The normalized spacial score (nSPS) is 11.3. The van der Waals surface area contributed by atoms with Crippen molar-refractivity contribution in [3.8, 4) is 0 Å².